The Balaban J connectivity index is 2.03. The maximum Gasteiger partial charge on any atom is 0.312 e. The van der Waals surface area contributed by atoms with E-state index in [-0.39, 0.29) is 13.0 Å². The van der Waals surface area contributed by atoms with Crippen LogP contribution in [0.2, 0.25) is 15.1 Å². The summed E-state index contributed by atoms with van der Waals surface area (Å²) in [4.78, 5) is 23.3. The van der Waals surface area contributed by atoms with Crippen LogP contribution < -0.4 is 11.1 Å². The molecule has 3 N–H and O–H groups in total. The largest absolute Gasteiger partial charge is 0.461 e. The molecule has 2 aromatic carbocycles. The van der Waals surface area contributed by atoms with Crippen LogP contribution in [0, 0.1) is 0 Å². The number of nitrogens with two attached hydrogens (primary N) is 1. The summed E-state index contributed by atoms with van der Waals surface area (Å²) in [6, 6.07) is 10.3. The highest BCUT2D eigenvalue weighted by Gasteiger charge is 2.20. The molecule has 1 atom stereocenters. The average molecular weight is 402 g/mol. The molecule has 0 spiro atoms. The Morgan fingerprint density at radius 1 is 1.04 bits per heavy atom. The second-order valence-corrected chi connectivity index (χ2v) is 6.42. The van der Waals surface area contributed by atoms with E-state index in [1.54, 1.807) is 42.5 Å². The lowest BCUT2D eigenvalue weighted by molar-refractivity contribution is -0.145. The maximum absolute atomic E-state index is 12.1. The molecule has 2 rings (SSSR count). The van der Waals surface area contributed by atoms with E-state index >= 15 is 0 Å². The number of amides is 2. The molecule has 0 unspecified atom stereocenters. The molecule has 132 valence electrons. The Kier molecular flexibility index (Phi) is 6.93. The molecule has 0 bridgehead atoms. The predicted octanol–water partition coefficient (Wildman–Crippen LogP) is 4.49. The monoisotopic (exact) mass is 400 g/mol. The Hall–Kier alpha value is -1.95. The highest BCUT2D eigenvalue weighted by atomic mass is 35.5. The molecule has 0 radical (unpaired) electrons. The van der Waals surface area contributed by atoms with Crippen molar-refractivity contribution in [2.24, 2.45) is 5.73 Å². The van der Waals surface area contributed by atoms with Gasteiger partial charge in [-0.05, 0) is 29.3 Å². The zero-order valence-electron chi connectivity index (χ0n) is 13.0. The van der Waals surface area contributed by atoms with Gasteiger partial charge in [-0.3, -0.25) is 4.79 Å². The summed E-state index contributed by atoms with van der Waals surface area (Å²) in [5, 5.41) is 3.71. The molecule has 0 saturated carbocycles. The van der Waals surface area contributed by atoms with Crippen molar-refractivity contribution in [2.75, 3.05) is 0 Å². The number of esters is 1. The van der Waals surface area contributed by atoms with E-state index in [4.69, 9.17) is 45.3 Å². The fourth-order valence-electron chi connectivity index (χ4n) is 2.19. The van der Waals surface area contributed by atoms with E-state index < -0.39 is 18.0 Å². The number of carbonyl (C=O) groups excluding carboxylic acids is 2. The van der Waals surface area contributed by atoms with Gasteiger partial charge in [-0.2, -0.15) is 0 Å². The van der Waals surface area contributed by atoms with E-state index in [1.165, 1.54) is 0 Å². The van der Waals surface area contributed by atoms with E-state index in [2.05, 4.69) is 5.32 Å². The van der Waals surface area contributed by atoms with Gasteiger partial charge in [0, 0.05) is 5.02 Å². The lowest BCUT2D eigenvalue weighted by Crippen LogP contribution is -2.34. The zero-order chi connectivity index (χ0) is 18.4. The Bertz CT molecular complexity index is 783. The molecule has 8 heteroatoms. The first-order chi connectivity index (χ1) is 11.9. The molecule has 2 aromatic rings. The summed E-state index contributed by atoms with van der Waals surface area (Å²) >= 11 is 17.9. The van der Waals surface area contributed by atoms with Gasteiger partial charge in [-0.25, -0.2) is 4.79 Å². The first-order valence-electron chi connectivity index (χ1n) is 7.26. The molecular formula is C17H15Cl3N2O3. The van der Waals surface area contributed by atoms with Crippen LogP contribution in [0.3, 0.4) is 0 Å². The Labute approximate surface area is 160 Å². The van der Waals surface area contributed by atoms with Crippen LogP contribution in [0.4, 0.5) is 4.79 Å². The van der Waals surface area contributed by atoms with Crippen LogP contribution in [0.5, 0.6) is 0 Å². The summed E-state index contributed by atoms with van der Waals surface area (Å²) in [7, 11) is 0. The van der Waals surface area contributed by atoms with Crippen LogP contribution in [0.15, 0.2) is 42.5 Å². The van der Waals surface area contributed by atoms with Gasteiger partial charge < -0.3 is 15.8 Å². The normalized spacial score (nSPS) is 11.6. The van der Waals surface area contributed by atoms with Crippen molar-refractivity contribution in [1.29, 1.82) is 0 Å². The molecule has 5 nitrogen and oxygen atoms in total. The second kappa shape index (κ2) is 8.94. The van der Waals surface area contributed by atoms with Gasteiger partial charge >= 0.3 is 12.0 Å². The summed E-state index contributed by atoms with van der Waals surface area (Å²) in [6.45, 7) is 0.0293. The van der Waals surface area contributed by atoms with Crippen molar-refractivity contribution < 1.29 is 14.3 Å². The molecular weight excluding hydrogens is 387 g/mol. The Morgan fingerprint density at radius 3 is 2.40 bits per heavy atom. The van der Waals surface area contributed by atoms with Gasteiger partial charge in [0.2, 0.25) is 0 Å². The summed E-state index contributed by atoms with van der Waals surface area (Å²) in [6.07, 6.45) is -0.117. The lowest BCUT2D eigenvalue weighted by Gasteiger charge is -2.18. The van der Waals surface area contributed by atoms with Crippen LogP contribution in [-0.4, -0.2) is 12.0 Å². The minimum absolute atomic E-state index is 0.0293. The predicted molar refractivity (Wildman–Crippen MR) is 97.8 cm³/mol. The summed E-state index contributed by atoms with van der Waals surface area (Å²) < 4.78 is 5.22. The molecule has 25 heavy (non-hydrogen) atoms. The lowest BCUT2D eigenvalue weighted by atomic mass is 10.0. The third kappa shape index (κ3) is 5.81. The fraction of sp³-hybridized carbons (Fsp3) is 0.176. The van der Waals surface area contributed by atoms with Crippen LogP contribution in [0.25, 0.3) is 0 Å². The number of hydrogen-bond acceptors (Lipinski definition) is 3. The number of benzene rings is 2. The third-order valence-corrected chi connectivity index (χ3v) is 4.43. The van der Waals surface area contributed by atoms with Gasteiger partial charge in [0.15, 0.2) is 0 Å². The minimum atomic E-state index is -0.762. The third-order valence-electron chi connectivity index (χ3n) is 3.35. The first kappa shape index (κ1) is 19.4. The molecule has 2 amide bonds. The molecule has 0 heterocycles. The number of carbonyl (C=O) groups is 2. The molecule has 0 aliphatic rings. The van der Waals surface area contributed by atoms with Crippen molar-refractivity contribution in [1.82, 2.24) is 5.32 Å². The highest BCUT2D eigenvalue weighted by Crippen LogP contribution is 2.26. The standard InChI is InChI=1S/C17H15Cl3N2O3/c18-12-4-2-1-3-11(12)15(22-17(21)24)8-16(23)25-9-10-5-6-13(19)14(20)7-10/h1-7,15H,8-9H2,(H3,21,22,24)/t15-/m0/s1. The van der Waals surface area contributed by atoms with Crippen molar-refractivity contribution in [3.05, 3.63) is 68.7 Å². The summed E-state index contributed by atoms with van der Waals surface area (Å²) in [5.41, 5.74) is 6.45. The minimum Gasteiger partial charge on any atom is -0.461 e. The van der Waals surface area contributed by atoms with Crippen molar-refractivity contribution in [3.63, 3.8) is 0 Å². The summed E-state index contributed by atoms with van der Waals surface area (Å²) in [5.74, 6) is -0.523. The first-order valence-corrected chi connectivity index (χ1v) is 8.40. The van der Waals surface area contributed by atoms with Crippen molar-refractivity contribution in [2.45, 2.75) is 19.1 Å². The number of primary amides is 1. The van der Waals surface area contributed by atoms with E-state index in [9.17, 15) is 9.59 Å². The van der Waals surface area contributed by atoms with Gasteiger partial charge in [-0.15, -0.1) is 0 Å². The zero-order valence-corrected chi connectivity index (χ0v) is 15.2. The average Bonchev–Trinajstić information content (AvgIpc) is 2.55. The van der Waals surface area contributed by atoms with E-state index in [1.807, 2.05) is 0 Å². The fourth-order valence-corrected chi connectivity index (χ4v) is 2.78. The molecule has 0 fully saturated rings. The van der Waals surface area contributed by atoms with E-state index in [0.717, 1.165) is 0 Å². The van der Waals surface area contributed by atoms with Gasteiger partial charge in [0.05, 0.1) is 22.5 Å². The van der Waals surface area contributed by atoms with Crippen LogP contribution in [0.1, 0.15) is 23.6 Å². The molecule has 0 aliphatic carbocycles. The number of ether oxygens (including phenoxy) is 1. The number of nitrogens with one attached hydrogen (secondary N) is 1. The van der Waals surface area contributed by atoms with Crippen molar-refractivity contribution >= 4 is 46.8 Å². The van der Waals surface area contributed by atoms with Gasteiger partial charge in [0.25, 0.3) is 0 Å². The number of rotatable bonds is 6. The van der Waals surface area contributed by atoms with E-state index in [0.29, 0.717) is 26.2 Å². The number of urea groups is 1. The molecule has 0 saturated heterocycles. The quantitative estimate of drug-likeness (QED) is 0.700. The number of halogens is 3. The Morgan fingerprint density at radius 2 is 1.76 bits per heavy atom. The topological polar surface area (TPSA) is 81.4 Å². The van der Waals surface area contributed by atoms with Gasteiger partial charge in [0.1, 0.15) is 6.61 Å². The highest BCUT2D eigenvalue weighted by molar-refractivity contribution is 6.42. The van der Waals surface area contributed by atoms with Gasteiger partial charge in [-0.1, -0.05) is 59.1 Å². The second-order valence-electron chi connectivity index (χ2n) is 5.20. The molecule has 0 aliphatic heterocycles. The smallest absolute Gasteiger partial charge is 0.312 e. The SMILES string of the molecule is NC(=O)N[C@@H](CC(=O)OCc1ccc(Cl)c(Cl)c1)c1ccccc1Cl. The van der Waals surface area contributed by atoms with Crippen LogP contribution >= 0.6 is 34.8 Å². The maximum atomic E-state index is 12.1. The van der Waals surface area contributed by atoms with Crippen LogP contribution in [-0.2, 0) is 16.1 Å². The molecule has 0 aromatic heterocycles. The number of hydrogen-bond donors (Lipinski definition) is 2. The van der Waals surface area contributed by atoms with Crippen molar-refractivity contribution in [3.8, 4) is 0 Å².